The van der Waals surface area contributed by atoms with Gasteiger partial charge in [0.15, 0.2) is 0 Å². The molecule has 0 saturated carbocycles. The van der Waals surface area contributed by atoms with Crippen molar-refractivity contribution in [3.63, 3.8) is 0 Å². The Balaban J connectivity index is 1.98. The number of rotatable bonds is 8. The SMILES string of the molecule is CN(C)c1ccc([P+](Cc2ccc(F)cc2)(c2ccc(N(C)C)cc2)c2ccc(N(C)C)cc2)cc1. The fourth-order valence-corrected chi connectivity index (χ4v) is 8.78. The van der Waals surface area contributed by atoms with E-state index in [0.717, 1.165) is 11.7 Å². The third-order valence-electron chi connectivity index (χ3n) is 6.75. The summed E-state index contributed by atoms with van der Waals surface area (Å²) in [5.41, 5.74) is 4.65. The Kier molecular flexibility index (Phi) is 7.66. The summed E-state index contributed by atoms with van der Waals surface area (Å²) >= 11 is 0. The van der Waals surface area contributed by atoms with Crippen molar-refractivity contribution >= 4 is 40.2 Å². The zero-order valence-corrected chi connectivity index (χ0v) is 23.0. The van der Waals surface area contributed by atoms with Crippen molar-refractivity contribution in [1.82, 2.24) is 0 Å². The molecular formula is C31H36FN3P+. The predicted octanol–water partition coefficient (Wildman–Crippen LogP) is 5.52. The van der Waals surface area contributed by atoms with E-state index in [9.17, 15) is 4.39 Å². The Morgan fingerprint density at radius 1 is 0.472 bits per heavy atom. The zero-order valence-electron chi connectivity index (χ0n) is 22.1. The second-order valence-corrected chi connectivity index (χ2v) is 13.3. The van der Waals surface area contributed by atoms with Gasteiger partial charge in [-0.25, -0.2) is 4.39 Å². The van der Waals surface area contributed by atoms with Gasteiger partial charge in [-0.2, -0.15) is 0 Å². The summed E-state index contributed by atoms with van der Waals surface area (Å²) in [5.74, 6) is -0.205. The summed E-state index contributed by atoms with van der Waals surface area (Å²) in [5, 5.41) is 3.94. The van der Waals surface area contributed by atoms with Crippen LogP contribution in [-0.4, -0.2) is 42.3 Å². The maximum Gasteiger partial charge on any atom is 0.123 e. The highest BCUT2D eigenvalue weighted by Gasteiger charge is 2.45. The van der Waals surface area contributed by atoms with Gasteiger partial charge in [-0.1, -0.05) is 12.1 Å². The molecule has 0 N–H and O–H groups in total. The van der Waals surface area contributed by atoms with Crippen molar-refractivity contribution in [3.8, 4) is 0 Å². The quantitative estimate of drug-likeness (QED) is 0.295. The van der Waals surface area contributed by atoms with Gasteiger partial charge in [-0.15, -0.1) is 0 Å². The smallest absolute Gasteiger partial charge is 0.123 e. The highest BCUT2D eigenvalue weighted by Crippen LogP contribution is 2.58. The van der Waals surface area contributed by atoms with Gasteiger partial charge in [0, 0.05) is 59.3 Å². The molecule has 0 radical (unpaired) electrons. The van der Waals surface area contributed by atoms with E-state index in [2.05, 4.69) is 130 Å². The molecular weight excluding hydrogens is 464 g/mol. The van der Waals surface area contributed by atoms with Crippen LogP contribution in [0.4, 0.5) is 21.5 Å². The molecule has 0 amide bonds. The molecule has 4 aromatic carbocycles. The first-order valence-electron chi connectivity index (χ1n) is 12.2. The molecule has 0 atom stereocenters. The van der Waals surface area contributed by atoms with Crippen LogP contribution in [0, 0.1) is 5.82 Å². The van der Waals surface area contributed by atoms with Crippen LogP contribution in [0.3, 0.4) is 0 Å². The topological polar surface area (TPSA) is 9.72 Å². The molecule has 36 heavy (non-hydrogen) atoms. The number of anilines is 3. The summed E-state index contributed by atoms with van der Waals surface area (Å²) in [7, 11) is 10.3. The molecule has 0 aliphatic heterocycles. The molecule has 0 heterocycles. The fourth-order valence-electron chi connectivity index (χ4n) is 4.60. The van der Waals surface area contributed by atoms with E-state index in [-0.39, 0.29) is 5.82 Å². The van der Waals surface area contributed by atoms with Crippen LogP contribution in [0.25, 0.3) is 0 Å². The number of benzene rings is 4. The van der Waals surface area contributed by atoms with Crippen LogP contribution in [0.15, 0.2) is 97.1 Å². The first-order chi connectivity index (χ1) is 17.2. The van der Waals surface area contributed by atoms with E-state index in [1.165, 1.54) is 33.0 Å². The van der Waals surface area contributed by atoms with Crippen LogP contribution in [-0.2, 0) is 6.16 Å². The first-order valence-corrected chi connectivity index (χ1v) is 14.1. The summed E-state index contributed by atoms with van der Waals surface area (Å²) in [6, 6.07) is 33.9. The van der Waals surface area contributed by atoms with Crippen LogP contribution in [0.5, 0.6) is 0 Å². The van der Waals surface area contributed by atoms with Crippen LogP contribution < -0.4 is 30.6 Å². The molecule has 0 fully saturated rings. The first kappa shape index (κ1) is 25.7. The monoisotopic (exact) mass is 500 g/mol. The van der Waals surface area contributed by atoms with Gasteiger partial charge in [-0.3, -0.25) is 0 Å². The summed E-state index contributed by atoms with van der Waals surface area (Å²) in [6.45, 7) is 0. The number of nitrogens with zero attached hydrogens (tertiary/aromatic N) is 3. The number of halogens is 1. The highest BCUT2D eigenvalue weighted by molar-refractivity contribution is 7.95. The van der Waals surface area contributed by atoms with Crippen LogP contribution >= 0.6 is 7.26 Å². The lowest BCUT2D eigenvalue weighted by Crippen LogP contribution is -2.33. The van der Waals surface area contributed by atoms with Crippen molar-refractivity contribution < 1.29 is 4.39 Å². The third-order valence-corrected chi connectivity index (χ3v) is 11.1. The largest absolute Gasteiger partial charge is 0.378 e. The standard InChI is InChI=1S/C31H36FN3P/c1-33(2)26-11-17-29(18-12-26)36(23-24-7-9-25(32)10-8-24,30-19-13-27(14-20-30)34(3)4)31-21-15-28(16-22-31)35(5)6/h7-22H,23H2,1-6H3/q+1. The Hall–Kier alpha value is -3.36. The Bertz CT molecular complexity index is 1140. The summed E-state index contributed by atoms with van der Waals surface area (Å²) < 4.78 is 13.8. The molecule has 0 bridgehead atoms. The van der Waals surface area contributed by atoms with Gasteiger partial charge in [0.1, 0.15) is 29.0 Å². The highest BCUT2D eigenvalue weighted by atomic mass is 31.2. The average molecular weight is 501 g/mol. The normalized spacial score (nSPS) is 11.3. The predicted molar refractivity (Wildman–Crippen MR) is 158 cm³/mol. The minimum atomic E-state index is -2.12. The van der Waals surface area contributed by atoms with E-state index in [1.807, 2.05) is 12.1 Å². The van der Waals surface area contributed by atoms with E-state index < -0.39 is 7.26 Å². The molecule has 0 aliphatic carbocycles. The Labute approximate surface area is 216 Å². The third kappa shape index (κ3) is 5.24. The molecule has 4 rings (SSSR count). The Morgan fingerprint density at radius 3 is 1.06 bits per heavy atom. The molecule has 3 nitrogen and oxygen atoms in total. The Morgan fingerprint density at radius 2 is 0.778 bits per heavy atom. The van der Waals surface area contributed by atoms with E-state index in [4.69, 9.17) is 0 Å². The second-order valence-electron chi connectivity index (χ2n) is 9.83. The van der Waals surface area contributed by atoms with Gasteiger partial charge in [-0.05, 0) is 90.5 Å². The van der Waals surface area contributed by atoms with Gasteiger partial charge in [0.25, 0.3) is 0 Å². The van der Waals surface area contributed by atoms with E-state index >= 15 is 0 Å². The molecule has 0 spiro atoms. The molecule has 0 unspecified atom stereocenters. The average Bonchev–Trinajstić information content (AvgIpc) is 2.88. The lowest BCUT2D eigenvalue weighted by atomic mass is 10.2. The molecule has 5 heteroatoms. The molecule has 186 valence electrons. The maximum atomic E-state index is 13.8. The van der Waals surface area contributed by atoms with Gasteiger partial charge in [0.05, 0.1) is 6.16 Å². The second kappa shape index (κ2) is 10.7. The summed E-state index contributed by atoms with van der Waals surface area (Å²) in [6.07, 6.45) is 0.817. The number of hydrogen-bond donors (Lipinski definition) is 0. The molecule has 0 aromatic heterocycles. The molecule has 0 saturated heterocycles. The van der Waals surface area contributed by atoms with Gasteiger partial charge >= 0.3 is 0 Å². The maximum absolute atomic E-state index is 13.8. The van der Waals surface area contributed by atoms with Gasteiger partial charge in [0.2, 0.25) is 0 Å². The minimum Gasteiger partial charge on any atom is -0.378 e. The van der Waals surface area contributed by atoms with Gasteiger partial charge < -0.3 is 14.7 Å². The zero-order chi connectivity index (χ0) is 25.9. The van der Waals surface area contributed by atoms with Crippen molar-refractivity contribution in [1.29, 1.82) is 0 Å². The number of hydrogen-bond acceptors (Lipinski definition) is 3. The van der Waals surface area contributed by atoms with Crippen molar-refractivity contribution in [3.05, 3.63) is 108 Å². The van der Waals surface area contributed by atoms with Crippen LogP contribution in [0.1, 0.15) is 5.56 Å². The summed E-state index contributed by atoms with van der Waals surface area (Å²) in [4.78, 5) is 6.38. The fraction of sp³-hybridized carbons (Fsp3) is 0.226. The lowest BCUT2D eigenvalue weighted by molar-refractivity contribution is 0.627. The van der Waals surface area contributed by atoms with Crippen molar-refractivity contribution in [2.75, 3.05) is 57.0 Å². The van der Waals surface area contributed by atoms with Crippen molar-refractivity contribution in [2.45, 2.75) is 6.16 Å². The van der Waals surface area contributed by atoms with E-state index in [0.29, 0.717) is 0 Å². The lowest BCUT2D eigenvalue weighted by Gasteiger charge is -2.29. The molecule has 4 aromatic rings. The minimum absolute atomic E-state index is 0.205. The van der Waals surface area contributed by atoms with Crippen molar-refractivity contribution in [2.24, 2.45) is 0 Å². The van der Waals surface area contributed by atoms with Crippen LogP contribution in [0.2, 0.25) is 0 Å². The van der Waals surface area contributed by atoms with E-state index in [1.54, 1.807) is 12.1 Å². The molecule has 0 aliphatic rings.